The van der Waals surface area contributed by atoms with Gasteiger partial charge < -0.3 is 9.64 Å². The summed E-state index contributed by atoms with van der Waals surface area (Å²) < 4.78 is 32.7. The van der Waals surface area contributed by atoms with Crippen LogP contribution in [0.2, 0.25) is 0 Å². The van der Waals surface area contributed by atoms with Gasteiger partial charge in [-0.15, -0.1) is 0 Å². The quantitative estimate of drug-likeness (QED) is 0.452. The van der Waals surface area contributed by atoms with E-state index in [0.29, 0.717) is 0 Å². The van der Waals surface area contributed by atoms with Crippen LogP contribution in [0.1, 0.15) is 33.6 Å². The smallest absolute Gasteiger partial charge is 0.410 e. The van der Waals surface area contributed by atoms with Gasteiger partial charge in [-0.05, 0) is 32.7 Å². The zero-order chi connectivity index (χ0) is 15.4. The summed E-state index contributed by atoms with van der Waals surface area (Å²) in [6.07, 6.45) is -0.925. The molecule has 20 heavy (non-hydrogen) atoms. The van der Waals surface area contributed by atoms with Gasteiger partial charge in [0.1, 0.15) is 5.60 Å². The van der Waals surface area contributed by atoms with Crippen LogP contribution in [0.25, 0.3) is 10.4 Å². The van der Waals surface area contributed by atoms with Gasteiger partial charge in [0.05, 0.1) is 0 Å². The summed E-state index contributed by atoms with van der Waals surface area (Å²) in [6.45, 7) is 5.06. The van der Waals surface area contributed by atoms with Gasteiger partial charge in [-0.25, -0.2) is 13.6 Å². The Morgan fingerprint density at radius 1 is 1.55 bits per heavy atom. The zero-order valence-corrected chi connectivity index (χ0v) is 12.0. The van der Waals surface area contributed by atoms with Crippen molar-refractivity contribution >= 4 is 6.09 Å². The molecule has 114 valence electrons. The first-order valence-electron chi connectivity index (χ1n) is 6.52. The molecule has 0 radical (unpaired) electrons. The maximum Gasteiger partial charge on any atom is 0.410 e. The molecular formula is C12H20F2N4O2. The molecule has 0 aliphatic carbocycles. The molecule has 0 bridgehead atoms. The highest BCUT2D eigenvalue weighted by Gasteiger charge is 2.45. The third-order valence-corrected chi connectivity index (χ3v) is 3.05. The van der Waals surface area contributed by atoms with Crippen LogP contribution in [0, 0.1) is 5.92 Å². The fourth-order valence-electron chi connectivity index (χ4n) is 2.03. The highest BCUT2D eigenvalue weighted by atomic mass is 19.3. The minimum Gasteiger partial charge on any atom is -0.444 e. The summed E-state index contributed by atoms with van der Waals surface area (Å²) in [6, 6.07) is 0. The van der Waals surface area contributed by atoms with Crippen molar-refractivity contribution in [3.63, 3.8) is 0 Å². The summed E-state index contributed by atoms with van der Waals surface area (Å²) in [5.41, 5.74) is 7.52. The zero-order valence-electron chi connectivity index (χ0n) is 12.0. The number of hydrogen-bond donors (Lipinski definition) is 0. The van der Waals surface area contributed by atoms with E-state index in [1.54, 1.807) is 20.8 Å². The highest BCUT2D eigenvalue weighted by molar-refractivity contribution is 5.68. The van der Waals surface area contributed by atoms with Crippen molar-refractivity contribution in [2.24, 2.45) is 11.0 Å². The number of hydrogen-bond acceptors (Lipinski definition) is 3. The second-order valence-electron chi connectivity index (χ2n) is 5.88. The van der Waals surface area contributed by atoms with Gasteiger partial charge in [0, 0.05) is 36.9 Å². The van der Waals surface area contributed by atoms with E-state index in [4.69, 9.17) is 10.3 Å². The summed E-state index contributed by atoms with van der Waals surface area (Å²) in [5, 5.41) is 3.27. The van der Waals surface area contributed by atoms with Crippen molar-refractivity contribution in [3.8, 4) is 0 Å². The Morgan fingerprint density at radius 2 is 2.20 bits per heavy atom. The molecule has 1 saturated heterocycles. The number of ether oxygens (including phenoxy) is 1. The molecule has 1 heterocycles. The Bertz CT molecular complexity index is 403. The number of piperidine rings is 1. The predicted molar refractivity (Wildman–Crippen MR) is 69.5 cm³/mol. The van der Waals surface area contributed by atoms with Gasteiger partial charge in [-0.2, -0.15) is 0 Å². The number of carbonyl (C=O) groups is 1. The lowest BCUT2D eigenvalue weighted by Crippen LogP contribution is -2.50. The molecule has 0 aromatic rings. The predicted octanol–water partition coefficient (Wildman–Crippen LogP) is 3.58. The molecule has 1 aliphatic heterocycles. The number of azide groups is 1. The second-order valence-corrected chi connectivity index (χ2v) is 5.88. The summed E-state index contributed by atoms with van der Waals surface area (Å²) in [7, 11) is 0. The van der Waals surface area contributed by atoms with E-state index in [1.165, 1.54) is 4.90 Å². The van der Waals surface area contributed by atoms with E-state index in [2.05, 4.69) is 10.0 Å². The number of carbonyl (C=O) groups excluding carboxylic acids is 1. The van der Waals surface area contributed by atoms with Crippen LogP contribution in [-0.2, 0) is 4.74 Å². The number of rotatable bonds is 3. The second kappa shape index (κ2) is 6.26. The largest absolute Gasteiger partial charge is 0.444 e. The van der Waals surface area contributed by atoms with E-state index < -0.39 is 30.0 Å². The van der Waals surface area contributed by atoms with Crippen molar-refractivity contribution < 1.29 is 18.3 Å². The van der Waals surface area contributed by atoms with Gasteiger partial charge in [0.15, 0.2) is 0 Å². The molecule has 0 spiro atoms. The van der Waals surface area contributed by atoms with E-state index in [1.807, 2.05) is 0 Å². The average Bonchev–Trinajstić information content (AvgIpc) is 2.29. The van der Waals surface area contributed by atoms with E-state index >= 15 is 0 Å². The monoisotopic (exact) mass is 290 g/mol. The topological polar surface area (TPSA) is 78.3 Å². The van der Waals surface area contributed by atoms with Crippen molar-refractivity contribution in [2.75, 3.05) is 19.6 Å². The molecule has 1 aliphatic rings. The molecule has 1 fully saturated rings. The van der Waals surface area contributed by atoms with Crippen molar-refractivity contribution in [1.29, 1.82) is 0 Å². The van der Waals surface area contributed by atoms with Crippen molar-refractivity contribution in [2.45, 2.75) is 45.1 Å². The lowest BCUT2D eigenvalue weighted by Gasteiger charge is -2.38. The Labute approximate surface area is 116 Å². The number of halogens is 2. The fraction of sp³-hybridized carbons (Fsp3) is 0.917. The van der Waals surface area contributed by atoms with Crippen molar-refractivity contribution in [1.82, 2.24) is 4.90 Å². The van der Waals surface area contributed by atoms with Gasteiger partial charge >= 0.3 is 6.09 Å². The Hall–Kier alpha value is -1.56. The number of amides is 1. The van der Waals surface area contributed by atoms with Gasteiger partial charge in [-0.1, -0.05) is 5.11 Å². The standard InChI is InChI=1S/C12H20F2N4O2/c1-11(2,3)20-10(19)18-7-5-12(13,14)9(8-18)4-6-16-17-15/h9H,4-8H2,1-3H3. The van der Waals surface area contributed by atoms with E-state index in [0.717, 1.165) is 0 Å². The highest BCUT2D eigenvalue weighted by Crippen LogP contribution is 2.36. The van der Waals surface area contributed by atoms with Gasteiger partial charge in [0.25, 0.3) is 5.92 Å². The SMILES string of the molecule is CC(C)(C)OC(=O)N1CCC(F)(F)C(CCN=[N+]=[N-])C1. The number of likely N-dealkylation sites (tertiary alicyclic amines) is 1. The Balaban J connectivity index is 2.65. The third-order valence-electron chi connectivity index (χ3n) is 3.05. The van der Waals surface area contributed by atoms with E-state index in [9.17, 15) is 13.6 Å². The molecule has 1 atom stereocenters. The molecule has 0 aromatic heterocycles. The van der Waals surface area contributed by atoms with Crippen molar-refractivity contribution in [3.05, 3.63) is 10.4 Å². The molecule has 0 aromatic carbocycles. The van der Waals surface area contributed by atoms with Crippen LogP contribution in [0.15, 0.2) is 5.11 Å². The third kappa shape index (κ3) is 4.85. The molecule has 6 nitrogen and oxygen atoms in total. The summed E-state index contributed by atoms with van der Waals surface area (Å²) in [4.78, 5) is 15.7. The normalized spacial score (nSPS) is 22.1. The minimum atomic E-state index is -2.84. The molecule has 0 N–H and O–H groups in total. The molecular weight excluding hydrogens is 270 g/mol. The van der Waals surface area contributed by atoms with Crippen LogP contribution < -0.4 is 0 Å². The maximum absolute atomic E-state index is 13.8. The molecule has 8 heteroatoms. The molecule has 0 saturated carbocycles. The molecule has 1 amide bonds. The van der Waals surface area contributed by atoms with Crippen LogP contribution >= 0.6 is 0 Å². The number of alkyl halides is 2. The average molecular weight is 290 g/mol. The first kappa shape index (κ1) is 16.5. The lowest BCUT2D eigenvalue weighted by molar-refractivity contribution is -0.106. The first-order chi connectivity index (χ1) is 9.15. The van der Waals surface area contributed by atoms with E-state index in [-0.39, 0.29) is 26.1 Å². The van der Waals surface area contributed by atoms with Gasteiger partial charge in [-0.3, -0.25) is 0 Å². The first-order valence-corrected chi connectivity index (χ1v) is 6.52. The van der Waals surface area contributed by atoms with Crippen LogP contribution in [-0.4, -0.2) is 42.2 Å². The maximum atomic E-state index is 13.8. The minimum absolute atomic E-state index is 0.00108. The van der Waals surface area contributed by atoms with Crippen LogP contribution in [0.3, 0.4) is 0 Å². The Kier molecular flexibility index (Phi) is 5.16. The fourth-order valence-corrected chi connectivity index (χ4v) is 2.03. The summed E-state index contributed by atoms with van der Waals surface area (Å²) in [5.74, 6) is -3.85. The summed E-state index contributed by atoms with van der Waals surface area (Å²) >= 11 is 0. The van der Waals surface area contributed by atoms with Crippen LogP contribution in [0.4, 0.5) is 13.6 Å². The van der Waals surface area contributed by atoms with Crippen LogP contribution in [0.5, 0.6) is 0 Å². The van der Waals surface area contributed by atoms with Gasteiger partial charge in [0.2, 0.25) is 0 Å². The lowest BCUT2D eigenvalue weighted by atomic mass is 9.91. The molecule has 1 unspecified atom stereocenters. The Morgan fingerprint density at radius 3 is 2.75 bits per heavy atom. The number of nitrogens with zero attached hydrogens (tertiary/aromatic N) is 4. The molecule has 1 rings (SSSR count).